The highest BCUT2D eigenvalue weighted by atomic mass is 35.5. The Labute approximate surface area is 142 Å². The zero-order valence-electron chi connectivity index (χ0n) is 12.6. The molecule has 0 saturated carbocycles. The average molecular weight is 355 g/mol. The first-order valence-electron chi connectivity index (χ1n) is 7.42. The molecule has 0 fully saturated rings. The number of rotatable bonds is 3. The first-order valence-corrected chi connectivity index (χ1v) is 7.79. The van der Waals surface area contributed by atoms with E-state index < -0.39 is 23.4 Å². The monoisotopic (exact) mass is 354 g/mol. The van der Waals surface area contributed by atoms with Crippen molar-refractivity contribution in [3.8, 4) is 0 Å². The predicted molar refractivity (Wildman–Crippen MR) is 86.9 cm³/mol. The Hall–Kier alpha value is -2.21. The maximum absolute atomic E-state index is 14.1. The van der Waals surface area contributed by atoms with Crippen LogP contribution in [0.25, 0.3) is 0 Å². The second-order valence-corrected chi connectivity index (χ2v) is 6.00. The van der Waals surface area contributed by atoms with Crippen LogP contribution in [0.15, 0.2) is 30.3 Å². The van der Waals surface area contributed by atoms with Crippen LogP contribution < -0.4 is 10.2 Å². The first kappa shape index (κ1) is 16.6. The molecule has 0 aliphatic carbocycles. The van der Waals surface area contributed by atoms with E-state index in [1.807, 2.05) is 0 Å². The van der Waals surface area contributed by atoms with E-state index in [-0.39, 0.29) is 22.9 Å². The van der Waals surface area contributed by atoms with E-state index in [0.29, 0.717) is 24.9 Å². The number of fused-ring (bicyclic) bond motifs is 1. The third-order valence-electron chi connectivity index (χ3n) is 3.84. The van der Waals surface area contributed by atoms with Crippen molar-refractivity contribution in [2.45, 2.75) is 12.8 Å². The van der Waals surface area contributed by atoms with Crippen LogP contribution in [0.5, 0.6) is 0 Å². The number of halogens is 4. The summed E-state index contributed by atoms with van der Waals surface area (Å²) in [6, 6.07) is 5.73. The van der Waals surface area contributed by atoms with Crippen molar-refractivity contribution >= 4 is 28.9 Å². The summed E-state index contributed by atoms with van der Waals surface area (Å²) in [6.07, 6.45) is 1.26. The number of benzene rings is 2. The van der Waals surface area contributed by atoms with Gasteiger partial charge in [-0.05, 0) is 42.7 Å². The van der Waals surface area contributed by atoms with E-state index in [1.165, 1.54) is 18.2 Å². The lowest BCUT2D eigenvalue weighted by Crippen LogP contribution is -2.37. The molecule has 1 aliphatic heterocycles. The van der Waals surface area contributed by atoms with Gasteiger partial charge in [0.1, 0.15) is 17.5 Å². The summed E-state index contributed by atoms with van der Waals surface area (Å²) in [6.45, 7) is 0.378. The van der Waals surface area contributed by atoms with Gasteiger partial charge >= 0.3 is 0 Å². The fourth-order valence-electron chi connectivity index (χ4n) is 2.85. The molecule has 1 aliphatic rings. The summed E-state index contributed by atoms with van der Waals surface area (Å²) in [4.78, 5) is 13.8. The number of anilines is 2. The van der Waals surface area contributed by atoms with Gasteiger partial charge in [-0.3, -0.25) is 4.79 Å². The molecule has 1 amide bonds. The maximum atomic E-state index is 14.1. The summed E-state index contributed by atoms with van der Waals surface area (Å²) in [5, 5.41) is 2.65. The first-order chi connectivity index (χ1) is 11.4. The molecule has 0 radical (unpaired) electrons. The number of hydrogen-bond donors (Lipinski definition) is 1. The summed E-state index contributed by atoms with van der Waals surface area (Å²) in [5.41, 5.74) is 1.08. The minimum Gasteiger partial charge on any atom is -0.360 e. The number of aryl methyl sites for hydroxylation is 1. The fourth-order valence-corrected chi connectivity index (χ4v) is 3.06. The molecule has 2 aromatic rings. The lowest BCUT2D eigenvalue weighted by Gasteiger charge is -2.31. The van der Waals surface area contributed by atoms with Crippen molar-refractivity contribution in [1.29, 1.82) is 0 Å². The molecule has 3 nitrogen and oxygen atoms in total. The molecular formula is C17H14ClF3N2O. The number of carbonyl (C=O) groups excluding carboxylic acids is 1. The topological polar surface area (TPSA) is 32.3 Å². The SMILES string of the molecule is O=C(CN1CCCc2cc(F)cc(F)c21)Nc1ccc(F)cc1Cl. The lowest BCUT2D eigenvalue weighted by atomic mass is 10.0. The van der Waals surface area contributed by atoms with E-state index in [4.69, 9.17) is 11.6 Å². The van der Waals surface area contributed by atoms with Gasteiger partial charge < -0.3 is 10.2 Å². The van der Waals surface area contributed by atoms with Crippen LogP contribution in [-0.4, -0.2) is 19.0 Å². The van der Waals surface area contributed by atoms with Gasteiger partial charge in [0.05, 0.1) is 22.9 Å². The molecule has 1 heterocycles. The molecule has 0 saturated heterocycles. The minimum absolute atomic E-state index is 0.0793. The Bertz CT molecular complexity index is 798. The molecule has 0 unspecified atom stereocenters. The smallest absolute Gasteiger partial charge is 0.243 e. The molecular weight excluding hydrogens is 341 g/mol. The van der Waals surface area contributed by atoms with Crippen LogP contribution >= 0.6 is 11.6 Å². The van der Waals surface area contributed by atoms with Crippen LogP contribution in [0, 0.1) is 17.5 Å². The number of carbonyl (C=O) groups is 1. The van der Waals surface area contributed by atoms with Gasteiger partial charge in [-0.15, -0.1) is 0 Å². The Morgan fingerprint density at radius 3 is 2.71 bits per heavy atom. The van der Waals surface area contributed by atoms with E-state index in [9.17, 15) is 18.0 Å². The largest absolute Gasteiger partial charge is 0.360 e. The van der Waals surface area contributed by atoms with Gasteiger partial charge in [-0.1, -0.05) is 11.6 Å². The molecule has 24 heavy (non-hydrogen) atoms. The average Bonchev–Trinajstić information content (AvgIpc) is 2.49. The molecule has 3 rings (SSSR count). The fraction of sp³-hybridized carbons (Fsp3) is 0.235. The molecule has 1 N–H and O–H groups in total. The highest BCUT2D eigenvalue weighted by Gasteiger charge is 2.23. The Balaban J connectivity index is 1.76. The van der Waals surface area contributed by atoms with Crippen molar-refractivity contribution in [3.63, 3.8) is 0 Å². The van der Waals surface area contributed by atoms with Gasteiger partial charge in [0, 0.05) is 12.6 Å². The highest BCUT2D eigenvalue weighted by molar-refractivity contribution is 6.33. The van der Waals surface area contributed by atoms with Crippen molar-refractivity contribution in [2.75, 3.05) is 23.3 Å². The third-order valence-corrected chi connectivity index (χ3v) is 4.15. The zero-order valence-corrected chi connectivity index (χ0v) is 13.3. The van der Waals surface area contributed by atoms with Crippen LogP contribution in [-0.2, 0) is 11.2 Å². The third kappa shape index (κ3) is 3.48. The molecule has 0 atom stereocenters. The number of nitrogens with zero attached hydrogens (tertiary/aromatic N) is 1. The molecule has 0 aromatic heterocycles. The van der Waals surface area contributed by atoms with Gasteiger partial charge in [-0.25, -0.2) is 13.2 Å². The Morgan fingerprint density at radius 1 is 1.17 bits per heavy atom. The summed E-state index contributed by atoms with van der Waals surface area (Å²) in [5.74, 6) is -2.24. The number of amides is 1. The molecule has 126 valence electrons. The summed E-state index contributed by atoms with van der Waals surface area (Å²) in [7, 11) is 0. The second kappa shape index (κ2) is 6.73. The minimum atomic E-state index is -0.683. The van der Waals surface area contributed by atoms with Crippen LogP contribution in [0.3, 0.4) is 0 Å². The van der Waals surface area contributed by atoms with Gasteiger partial charge in [0.15, 0.2) is 0 Å². The standard InChI is InChI=1S/C17H14ClF3N2O/c18-13-7-11(19)3-4-15(13)22-16(24)9-23-5-1-2-10-6-12(20)8-14(21)17(10)23/h3-4,6-8H,1-2,5,9H2,(H,22,24). The zero-order chi connectivity index (χ0) is 17.3. The van der Waals surface area contributed by atoms with Crippen LogP contribution in [0.4, 0.5) is 24.5 Å². The molecule has 7 heteroatoms. The normalized spacial score (nSPS) is 13.6. The van der Waals surface area contributed by atoms with Gasteiger partial charge in [0.2, 0.25) is 5.91 Å². The van der Waals surface area contributed by atoms with Crippen molar-refractivity contribution in [3.05, 3.63) is 58.4 Å². The predicted octanol–water partition coefficient (Wildman–Crippen LogP) is 4.15. The maximum Gasteiger partial charge on any atom is 0.243 e. The quantitative estimate of drug-likeness (QED) is 0.898. The van der Waals surface area contributed by atoms with Crippen LogP contribution in [0.2, 0.25) is 5.02 Å². The summed E-state index contributed by atoms with van der Waals surface area (Å²) >= 11 is 5.87. The van der Waals surface area contributed by atoms with Crippen molar-refractivity contribution < 1.29 is 18.0 Å². The van der Waals surface area contributed by atoms with Crippen molar-refractivity contribution in [1.82, 2.24) is 0 Å². The molecule has 0 bridgehead atoms. The highest BCUT2D eigenvalue weighted by Crippen LogP contribution is 2.31. The van der Waals surface area contributed by atoms with Crippen LogP contribution in [0.1, 0.15) is 12.0 Å². The van der Waals surface area contributed by atoms with Gasteiger partial charge in [-0.2, -0.15) is 0 Å². The van der Waals surface area contributed by atoms with E-state index in [2.05, 4.69) is 5.32 Å². The summed E-state index contributed by atoms with van der Waals surface area (Å²) < 4.78 is 40.4. The van der Waals surface area contributed by atoms with Crippen molar-refractivity contribution in [2.24, 2.45) is 0 Å². The Kier molecular flexibility index (Phi) is 4.66. The Morgan fingerprint density at radius 2 is 1.96 bits per heavy atom. The van der Waals surface area contributed by atoms with E-state index in [0.717, 1.165) is 12.1 Å². The van der Waals surface area contributed by atoms with Gasteiger partial charge in [0.25, 0.3) is 0 Å². The molecule has 0 spiro atoms. The van der Waals surface area contributed by atoms with E-state index in [1.54, 1.807) is 4.90 Å². The van der Waals surface area contributed by atoms with E-state index >= 15 is 0 Å². The second-order valence-electron chi connectivity index (χ2n) is 5.59. The molecule has 2 aromatic carbocycles. The number of nitrogens with one attached hydrogen (secondary N) is 1. The lowest BCUT2D eigenvalue weighted by molar-refractivity contribution is -0.115. The number of hydrogen-bond acceptors (Lipinski definition) is 2.